The third-order valence-electron chi connectivity index (χ3n) is 2.81. The molecule has 0 saturated carbocycles. The third-order valence-corrected chi connectivity index (χ3v) is 5.01. The molecular weight excluding hydrogens is 327 g/mol. The van der Waals surface area contributed by atoms with Gasteiger partial charge in [0.2, 0.25) is 10.0 Å². The molecule has 118 valence electrons. The molecule has 0 radical (unpaired) electrons. The summed E-state index contributed by atoms with van der Waals surface area (Å²) in [7, 11) is -3.46. The standard InChI is InChI=1S/C14H15FN2O3S2/c15-12-5-3-11(4-6-12)14(18)16-7-9-22(19,20)17-10-13-2-1-8-21-13/h1-6,8,17H,7,9-10H2,(H,16,18). The summed E-state index contributed by atoms with van der Waals surface area (Å²) in [6, 6.07) is 8.71. The molecular formula is C14H15FN2O3S2. The predicted octanol–water partition coefficient (Wildman–Crippen LogP) is 1.74. The van der Waals surface area contributed by atoms with E-state index in [0.717, 1.165) is 4.88 Å². The summed E-state index contributed by atoms with van der Waals surface area (Å²) in [5.41, 5.74) is 0.283. The largest absolute Gasteiger partial charge is 0.351 e. The molecule has 0 unspecified atom stereocenters. The zero-order chi connectivity index (χ0) is 16.0. The highest BCUT2D eigenvalue weighted by atomic mass is 32.2. The zero-order valence-corrected chi connectivity index (χ0v) is 13.2. The average molecular weight is 342 g/mol. The Hall–Kier alpha value is -1.77. The van der Waals surface area contributed by atoms with Crippen LogP contribution in [0.15, 0.2) is 41.8 Å². The molecule has 1 heterocycles. The smallest absolute Gasteiger partial charge is 0.251 e. The summed E-state index contributed by atoms with van der Waals surface area (Å²) in [6.07, 6.45) is 0. The van der Waals surface area contributed by atoms with Crippen LogP contribution >= 0.6 is 11.3 Å². The number of hydrogen-bond donors (Lipinski definition) is 2. The van der Waals surface area contributed by atoms with Crippen LogP contribution in [-0.4, -0.2) is 26.6 Å². The van der Waals surface area contributed by atoms with E-state index in [1.54, 1.807) is 0 Å². The van der Waals surface area contributed by atoms with E-state index in [1.807, 2.05) is 17.5 Å². The number of amides is 1. The Morgan fingerprint density at radius 2 is 1.91 bits per heavy atom. The van der Waals surface area contributed by atoms with E-state index in [9.17, 15) is 17.6 Å². The minimum absolute atomic E-state index is 0.0179. The van der Waals surface area contributed by atoms with Gasteiger partial charge in [-0.25, -0.2) is 17.5 Å². The van der Waals surface area contributed by atoms with Gasteiger partial charge in [-0.2, -0.15) is 0 Å². The van der Waals surface area contributed by atoms with Crippen LogP contribution in [0.2, 0.25) is 0 Å². The number of thiophene rings is 1. The average Bonchev–Trinajstić information content (AvgIpc) is 2.99. The first-order valence-electron chi connectivity index (χ1n) is 6.50. The SMILES string of the molecule is O=C(NCCS(=O)(=O)NCc1cccs1)c1ccc(F)cc1. The van der Waals surface area contributed by atoms with Crippen LogP contribution in [0.25, 0.3) is 0 Å². The monoisotopic (exact) mass is 342 g/mol. The number of rotatable bonds is 7. The van der Waals surface area contributed by atoms with E-state index in [-0.39, 0.29) is 24.4 Å². The highest BCUT2D eigenvalue weighted by molar-refractivity contribution is 7.89. The van der Waals surface area contributed by atoms with Gasteiger partial charge in [-0.05, 0) is 35.7 Å². The summed E-state index contributed by atoms with van der Waals surface area (Å²) in [4.78, 5) is 12.7. The fraction of sp³-hybridized carbons (Fsp3) is 0.214. The van der Waals surface area contributed by atoms with E-state index in [4.69, 9.17) is 0 Å². The topological polar surface area (TPSA) is 75.3 Å². The lowest BCUT2D eigenvalue weighted by Crippen LogP contribution is -2.34. The predicted molar refractivity (Wildman–Crippen MR) is 83.7 cm³/mol. The molecule has 2 rings (SSSR count). The van der Waals surface area contributed by atoms with E-state index in [0.29, 0.717) is 0 Å². The molecule has 1 aromatic heterocycles. The van der Waals surface area contributed by atoms with Crippen LogP contribution in [0.1, 0.15) is 15.2 Å². The second-order valence-corrected chi connectivity index (χ2v) is 7.44. The minimum atomic E-state index is -3.46. The number of hydrogen-bond acceptors (Lipinski definition) is 4. The maximum Gasteiger partial charge on any atom is 0.251 e. The first kappa shape index (κ1) is 16.6. The van der Waals surface area contributed by atoms with Gasteiger partial charge in [-0.1, -0.05) is 6.07 Å². The van der Waals surface area contributed by atoms with Crippen LogP contribution < -0.4 is 10.0 Å². The summed E-state index contributed by atoms with van der Waals surface area (Å²) in [5, 5.41) is 4.36. The molecule has 1 amide bonds. The number of sulfonamides is 1. The van der Waals surface area contributed by atoms with Crippen molar-refractivity contribution >= 4 is 27.3 Å². The third kappa shape index (κ3) is 5.21. The van der Waals surface area contributed by atoms with Crippen LogP contribution in [0, 0.1) is 5.82 Å². The van der Waals surface area contributed by atoms with E-state index in [1.165, 1.54) is 35.6 Å². The maximum absolute atomic E-state index is 12.7. The fourth-order valence-electron chi connectivity index (χ4n) is 1.67. The lowest BCUT2D eigenvalue weighted by atomic mass is 10.2. The highest BCUT2D eigenvalue weighted by Gasteiger charge is 2.12. The first-order chi connectivity index (χ1) is 10.5. The molecule has 0 aliphatic rings. The van der Waals surface area contributed by atoms with Crippen molar-refractivity contribution in [1.29, 1.82) is 0 Å². The molecule has 5 nitrogen and oxygen atoms in total. The number of carbonyl (C=O) groups is 1. The quantitative estimate of drug-likeness (QED) is 0.805. The molecule has 2 aromatic rings. The lowest BCUT2D eigenvalue weighted by molar-refractivity contribution is 0.0956. The van der Waals surface area contributed by atoms with Gasteiger partial charge in [0, 0.05) is 23.5 Å². The second-order valence-electron chi connectivity index (χ2n) is 4.48. The molecule has 0 saturated heterocycles. The molecule has 0 spiro atoms. The summed E-state index contributed by atoms with van der Waals surface area (Å²) >= 11 is 1.46. The van der Waals surface area contributed by atoms with Gasteiger partial charge in [0.25, 0.3) is 5.91 Å². The van der Waals surface area contributed by atoms with Gasteiger partial charge in [-0.15, -0.1) is 11.3 Å². The molecule has 22 heavy (non-hydrogen) atoms. The Kier molecular flexibility index (Phi) is 5.64. The maximum atomic E-state index is 12.7. The Labute approximate surface area is 132 Å². The van der Waals surface area contributed by atoms with Gasteiger partial charge in [0.05, 0.1) is 5.75 Å². The number of benzene rings is 1. The number of halogens is 1. The molecule has 0 bridgehead atoms. The van der Waals surface area contributed by atoms with Gasteiger partial charge in [-0.3, -0.25) is 4.79 Å². The van der Waals surface area contributed by atoms with Gasteiger partial charge >= 0.3 is 0 Å². The minimum Gasteiger partial charge on any atom is -0.351 e. The van der Waals surface area contributed by atoms with Crippen molar-refractivity contribution in [3.05, 3.63) is 58.0 Å². The van der Waals surface area contributed by atoms with Gasteiger partial charge < -0.3 is 5.32 Å². The Bertz CT molecular complexity index is 713. The Morgan fingerprint density at radius 1 is 1.18 bits per heavy atom. The molecule has 8 heteroatoms. The van der Waals surface area contributed by atoms with Crippen molar-refractivity contribution in [2.75, 3.05) is 12.3 Å². The van der Waals surface area contributed by atoms with Crippen LogP contribution in [0.3, 0.4) is 0 Å². The Balaban J connectivity index is 1.77. The van der Waals surface area contributed by atoms with Crippen LogP contribution in [-0.2, 0) is 16.6 Å². The normalized spacial score (nSPS) is 11.3. The lowest BCUT2D eigenvalue weighted by Gasteiger charge is -2.07. The molecule has 2 N–H and O–H groups in total. The summed E-state index contributed by atoms with van der Waals surface area (Å²) in [5.74, 6) is -1.09. The van der Waals surface area contributed by atoms with E-state index >= 15 is 0 Å². The Morgan fingerprint density at radius 3 is 2.55 bits per heavy atom. The highest BCUT2D eigenvalue weighted by Crippen LogP contribution is 2.08. The fourth-order valence-corrected chi connectivity index (χ4v) is 3.30. The first-order valence-corrected chi connectivity index (χ1v) is 9.03. The second kappa shape index (κ2) is 7.48. The van der Waals surface area contributed by atoms with Crippen molar-refractivity contribution in [2.24, 2.45) is 0 Å². The molecule has 0 atom stereocenters. The van der Waals surface area contributed by atoms with Crippen molar-refractivity contribution in [3.63, 3.8) is 0 Å². The van der Waals surface area contributed by atoms with Crippen molar-refractivity contribution in [2.45, 2.75) is 6.54 Å². The molecule has 0 fully saturated rings. The summed E-state index contributed by atoms with van der Waals surface area (Å²) < 4.78 is 38.8. The number of carbonyl (C=O) groups excluding carboxylic acids is 1. The van der Waals surface area contributed by atoms with Gasteiger partial charge in [0.15, 0.2) is 0 Å². The van der Waals surface area contributed by atoms with Crippen molar-refractivity contribution < 1.29 is 17.6 Å². The van der Waals surface area contributed by atoms with Crippen LogP contribution in [0.4, 0.5) is 4.39 Å². The van der Waals surface area contributed by atoms with Crippen LogP contribution in [0.5, 0.6) is 0 Å². The van der Waals surface area contributed by atoms with E-state index in [2.05, 4.69) is 10.0 Å². The van der Waals surface area contributed by atoms with Gasteiger partial charge in [0.1, 0.15) is 5.82 Å². The van der Waals surface area contributed by atoms with Crippen molar-refractivity contribution in [3.8, 4) is 0 Å². The summed E-state index contributed by atoms with van der Waals surface area (Å²) in [6.45, 7) is 0.224. The van der Waals surface area contributed by atoms with E-state index < -0.39 is 21.7 Å². The zero-order valence-electron chi connectivity index (χ0n) is 11.6. The number of nitrogens with one attached hydrogen (secondary N) is 2. The molecule has 0 aliphatic heterocycles. The molecule has 0 aliphatic carbocycles. The van der Waals surface area contributed by atoms with Crippen molar-refractivity contribution in [1.82, 2.24) is 10.0 Å². The molecule has 1 aromatic carbocycles.